The predicted octanol–water partition coefficient (Wildman–Crippen LogP) is 4.58. The molecule has 3 nitrogen and oxygen atoms in total. The number of carbonyl (C=O) groups excluding carboxylic acids is 1. The summed E-state index contributed by atoms with van der Waals surface area (Å²) < 4.78 is 11.1. The summed E-state index contributed by atoms with van der Waals surface area (Å²) >= 11 is 0. The number of hydrogen-bond donors (Lipinski definition) is 0. The van der Waals surface area contributed by atoms with Gasteiger partial charge < -0.3 is 9.15 Å². The van der Waals surface area contributed by atoms with Gasteiger partial charge in [-0.3, -0.25) is 0 Å². The van der Waals surface area contributed by atoms with Crippen LogP contribution in [0.1, 0.15) is 22.8 Å². The second-order valence-corrected chi connectivity index (χ2v) is 4.89. The molecule has 0 atom stereocenters. The molecule has 21 heavy (non-hydrogen) atoms. The van der Waals surface area contributed by atoms with Crippen molar-refractivity contribution < 1.29 is 13.9 Å². The van der Waals surface area contributed by atoms with Crippen molar-refractivity contribution in [2.24, 2.45) is 0 Å². The highest BCUT2D eigenvalue weighted by Crippen LogP contribution is 2.34. The van der Waals surface area contributed by atoms with E-state index in [1.165, 1.54) is 0 Å². The van der Waals surface area contributed by atoms with Crippen molar-refractivity contribution in [2.45, 2.75) is 13.8 Å². The number of aryl methyl sites for hydroxylation is 1. The number of carbonyl (C=O) groups is 1. The van der Waals surface area contributed by atoms with Crippen molar-refractivity contribution in [1.82, 2.24) is 0 Å². The van der Waals surface area contributed by atoms with E-state index < -0.39 is 0 Å². The zero-order valence-corrected chi connectivity index (χ0v) is 12.1. The number of benzene rings is 2. The Hall–Kier alpha value is -2.55. The second-order valence-electron chi connectivity index (χ2n) is 4.89. The van der Waals surface area contributed by atoms with Crippen LogP contribution in [0.5, 0.6) is 0 Å². The molecule has 0 saturated carbocycles. The SMILES string of the molecule is CCOC(=O)c1c(-c2ccc(C)cc2)oc2ccccc12. The minimum Gasteiger partial charge on any atom is -0.462 e. The van der Waals surface area contributed by atoms with E-state index in [1.54, 1.807) is 6.92 Å². The van der Waals surface area contributed by atoms with Crippen LogP contribution in [0.3, 0.4) is 0 Å². The molecule has 0 radical (unpaired) electrons. The fraction of sp³-hybridized carbons (Fsp3) is 0.167. The lowest BCUT2D eigenvalue weighted by Crippen LogP contribution is -2.05. The molecule has 0 aliphatic heterocycles. The standard InChI is InChI=1S/C18H16O3/c1-3-20-18(19)16-14-6-4-5-7-15(14)21-17(16)13-10-8-12(2)9-11-13/h4-11H,3H2,1-2H3. The fourth-order valence-electron chi connectivity index (χ4n) is 2.36. The van der Waals surface area contributed by atoms with Gasteiger partial charge in [-0.05, 0) is 19.9 Å². The highest BCUT2D eigenvalue weighted by Gasteiger charge is 2.22. The quantitative estimate of drug-likeness (QED) is 0.659. The van der Waals surface area contributed by atoms with Gasteiger partial charge in [-0.1, -0.05) is 48.0 Å². The van der Waals surface area contributed by atoms with Gasteiger partial charge in [0.05, 0.1) is 6.61 Å². The summed E-state index contributed by atoms with van der Waals surface area (Å²) in [6.07, 6.45) is 0. The number of para-hydroxylation sites is 1. The molecule has 0 bridgehead atoms. The van der Waals surface area contributed by atoms with Gasteiger partial charge >= 0.3 is 5.97 Å². The first-order valence-corrected chi connectivity index (χ1v) is 6.96. The highest BCUT2D eigenvalue weighted by atomic mass is 16.5. The number of rotatable bonds is 3. The smallest absolute Gasteiger partial charge is 0.342 e. The molecule has 0 N–H and O–H groups in total. The maximum Gasteiger partial charge on any atom is 0.342 e. The average Bonchev–Trinajstić information content (AvgIpc) is 2.87. The van der Waals surface area contributed by atoms with Gasteiger partial charge in [-0.25, -0.2) is 4.79 Å². The van der Waals surface area contributed by atoms with Crippen molar-refractivity contribution in [3.63, 3.8) is 0 Å². The molecule has 106 valence electrons. The molecule has 2 aromatic carbocycles. The lowest BCUT2D eigenvalue weighted by molar-refractivity contribution is 0.0529. The maximum atomic E-state index is 12.3. The Kier molecular flexibility index (Phi) is 3.48. The third kappa shape index (κ3) is 2.42. The van der Waals surface area contributed by atoms with Gasteiger partial charge in [0.25, 0.3) is 0 Å². The summed E-state index contributed by atoms with van der Waals surface area (Å²) in [5.74, 6) is 0.215. The molecule has 0 unspecified atom stereocenters. The number of fused-ring (bicyclic) bond motifs is 1. The van der Waals surface area contributed by atoms with E-state index in [0.717, 1.165) is 16.5 Å². The average molecular weight is 280 g/mol. The summed E-state index contributed by atoms with van der Waals surface area (Å²) in [5.41, 5.74) is 3.22. The molecule has 0 aliphatic rings. The zero-order valence-electron chi connectivity index (χ0n) is 12.1. The Morgan fingerprint density at radius 2 is 1.81 bits per heavy atom. The molecule has 3 rings (SSSR count). The van der Waals surface area contributed by atoms with E-state index in [0.29, 0.717) is 23.5 Å². The van der Waals surface area contributed by atoms with Gasteiger partial charge in [0, 0.05) is 10.9 Å². The molecular formula is C18H16O3. The topological polar surface area (TPSA) is 39.4 Å². The summed E-state index contributed by atoms with van der Waals surface area (Å²) in [6.45, 7) is 4.16. The fourth-order valence-corrected chi connectivity index (χ4v) is 2.36. The lowest BCUT2D eigenvalue weighted by Gasteiger charge is -2.03. The van der Waals surface area contributed by atoms with Crippen LogP contribution in [0.4, 0.5) is 0 Å². The predicted molar refractivity (Wildman–Crippen MR) is 82.3 cm³/mol. The molecule has 0 amide bonds. The van der Waals surface area contributed by atoms with Crippen molar-refractivity contribution in [3.8, 4) is 11.3 Å². The molecule has 0 aliphatic carbocycles. The number of furan rings is 1. The Morgan fingerprint density at radius 3 is 2.52 bits per heavy atom. The van der Waals surface area contributed by atoms with Crippen LogP contribution in [0.25, 0.3) is 22.3 Å². The van der Waals surface area contributed by atoms with E-state index in [2.05, 4.69) is 0 Å². The van der Waals surface area contributed by atoms with Gasteiger partial charge in [0.15, 0.2) is 0 Å². The summed E-state index contributed by atoms with van der Waals surface area (Å²) in [7, 11) is 0. The molecule has 3 aromatic rings. The number of ether oxygens (including phenoxy) is 1. The Morgan fingerprint density at radius 1 is 1.10 bits per heavy atom. The molecule has 0 spiro atoms. The van der Waals surface area contributed by atoms with Crippen LogP contribution in [-0.2, 0) is 4.74 Å². The highest BCUT2D eigenvalue weighted by molar-refractivity contribution is 6.08. The van der Waals surface area contributed by atoms with Crippen molar-refractivity contribution >= 4 is 16.9 Å². The van der Waals surface area contributed by atoms with E-state index in [4.69, 9.17) is 9.15 Å². The van der Waals surface area contributed by atoms with Crippen LogP contribution in [0, 0.1) is 6.92 Å². The van der Waals surface area contributed by atoms with Gasteiger partial charge in [-0.15, -0.1) is 0 Å². The van der Waals surface area contributed by atoms with E-state index in [1.807, 2.05) is 55.5 Å². The normalized spacial score (nSPS) is 10.8. The second kappa shape index (κ2) is 5.44. The third-order valence-electron chi connectivity index (χ3n) is 3.39. The minimum atomic E-state index is -0.349. The molecule has 1 aromatic heterocycles. The van der Waals surface area contributed by atoms with E-state index in [-0.39, 0.29) is 5.97 Å². The van der Waals surface area contributed by atoms with Crippen molar-refractivity contribution in [1.29, 1.82) is 0 Å². The van der Waals surface area contributed by atoms with Crippen LogP contribution < -0.4 is 0 Å². The first kappa shape index (κ1) is 13.4. The largest absolute Gasteiger partial charge is 0.462 e. The molecule has 0 fully saturated rings. The van der Waals surface area contributed by atoms with E-state index in [9.17, 15) is 4.79 Å². The van der Waals surface area contributed by atoms with Gasteiger partial charge in [-0.2, -0.15) is 0 Å². The van der Waals surface area contributed by atoms with Crippen molar-refractivity contribution in [3.05, 3.63) is 59.7 Å². The maximum absolute atomic E-state index is 12.3. The van der Waals surface area contributed by atoms with Crippen LogP contribution in [0.2, 0.25) is 0 Å². The molecule has 1 heterocycles. The van der Waals surface area contributed by atoms with Crippen LogP contribution in [0.15, 0.2) is 52.9 Å². The zero-order chi connectivity index (χ0) is 14.8. The Balaban J connectivity index is 2.23. The third-order valence-corrected chi connectivity index (χ3v) is 3.39. The molecule has 0 saturated heterocycles. The van der Waals surface area contributed by atoms with Crippen LogP contribution >= 0.6 is 0 Å². The summed E-state index contributed by atoms with van der Waals surface area (Å²) in [4.78, 5) is 12.3. The minimum absolute atomic E-state index is 0.339. The number of esters is 1. The Bertz CT molecular complexity index is 782. The monoisotopic (exact) mass is 280 g/mol. The van der Waals surface area contributed by atoms with Gasteiger partial charge in [0.1, 0.15) is 16.9 Å². The summed E-state index contributed by atoms with van der Waals surface area (Å²) in [6, 6.07) is 15.4. The Labute approximate surface area is 123 Å². The first-order chi connectivity index (χ1) is 10.2. The number of hydrogen-bond acceptors (Lipinski definition) is 3. The summed E-state index contributed by atoms with van der Waals surface area (Å²) in [5, 5.41) is 0.784. The van der Waals surface area contributed by atoms with Crippen molar-refractivity contribution in [2.75, 3.05) is 6.61 Å². The van der Waals surface area contributed by atoms with E-state index >= 15 is 0 Å². The molecule has 3 heteroatoms. The molecular weight excluding hydrogens is 264 g/mol. The first-order valence-electron chi connectivity index (χ1n) is 6.96. The van der Waals surface area contributed by atoms with Crippen LogP contribution in [-0.4, -0.2) is 12.6 Å². The lowest BCUT2D eigenvalue weighted by atomic mass is 10.0. The van der Waals surface area contributed by atoms with Gasteiger partial charge in [0.2, 0.25) is 0 Å².